The fourth-order valence-corrected chi connectivity index (χ4v) is 6.25. The summed E-state index contributed by atoms with van der Waals surface area (Å²) in [5, 5.41) is 9.56. The van der Waals surface area contributed by atoms with Crippen molar-refractivity contribution in [3.8, 4) is 0 Å². The number of carbonyl (C=O) groups is 2. The number of carbonyl (C=O) groups excluding carboxylic acids is 1. The van der Waals surface area contributed by atoms with E-state index in [-0.39, 0.29) is 35.9 Å². The number of carboxylic acid groups (broad SMARTS) is 1. The fourth-order valence-electron chi connectivity index (χ4n) is 5.35. The molecule has 1 aliphatic carbocycles. The van der Waals surface area contributed by atoms with Crippen LogP contribution in [-0.2, 0) is 27.4 Å². The third-order valence-corrected chi connectivity index (χ3v) is 9.11. The summed E-state index contributed by atoms with van der Waals surface area (Å²) in [6.07, 6.45) is 3.30. The van der Waals surface area contributed by atoms with Gasteiger partial charge in [0.15, 0.2) is 11.6 Å². The van der Waals surface area contributed by atoms with Gasteiger partial charge < -0.3 is 14.6 Å². The number of aliphatic carboxylic acids is 1. The zero-order valence-corrected chi connectivity index (χ0v) is 20.4. The summed E-state index contributed by atoms with van der Waals surface area (Å²) in [5.41, 5.74) is -1.30. The molecule has 10 heteroatoms. The highest BCUT2D eigenvalue weighted by molar-refractivity contribution is 7.90. The van der Waals surface area contributed by atoms with Crippen molar-refractivity contribution in [2.24, 2.45) is 11.3 Å². The monoisotopic (exact) mass is 500 g/mol. The summed E-state index contributed by atoms with van der Waals surface area (Å²) in [4.78, 5) is 26.6. The Balaban J connectivity index is 1.56. The second-order valence-electron chi connectivity index (χ2n) is 10.9. The molecule has 2 heterocycles. The zero-order valence-electron chi connectivity index (χ0n) is 19.6. The Hall–Kier alpha value is -1.78. The summed E-state index contributed by atoms with van der Waals surface area (Å²) in [6, 6.07) is 0.588. The second kappa shape index (κ2) is 9.02. The molecular weight excluding hydrogens is 469 g/mol. The van der Waals surface area contributed by atoms with Crippen LogP contribution < -0.4 is 4.72 Å². The number of fused-ring (bicyclic) bond motifs is 2. The Morgan fingerprint density at radius 1 is 1.15 bits per heavy atom. The summed E-state index contributed by atoms with van der Waals surface area (Å²) >= 11 is -1.49. The summed E-state index contributed by atoms with van der Waals surface area (Å²) in [7, 11) is 0. The summed E-state index contributed by atoms with van der Waals surface area (Å²) in [5.74, 6) is -4.76. The van der Waals surface area contributed by atoms with E-state index in [1.54, 1.807) is 25.7 Å². The first-order valence-electron chi connectivity index (χ1n) is 11.7. The molecule has 3 fully saturated rings. The molecule has 34 heavy (non-hydrogen) atoms. The topological polar surface area (TPSA) is 92.7 Å². The molecule has 0 radical (unpaired) electrons. The average Bonchev–Trinajstić information content (AvgIpc) is 3.51. The Labute approximate surface area is 200 Å². The lowest BCUT2D eigenvalue weighted by Gasteiger charge is -2.43. The van der Waals surface area contributed by atoms with Crippen LogP contribution in [0.1, 0.15) is 64.9 Å². The number of nitrogens with zero attached hydrogens (tertiary/aromatic N) is 1. The first kappa shape index (κ1) is 25.3. The lowest BCUT2D eigenvalue weighted by atomic mass is 9.82. The molecule has 1 aromatic carbocycles. The van der Waals surface area contributed by atoms with Crippen molar-refractivity contribution < 1.29 is 32.4 Å². The van der Waals surface area contributed by atoms with Gasteiger partial charge in [-0.2, -0.15) is 0 Å². The van der Waals surface area contributed by atoms with Crippen LogP contribution in [0.2, 0.25) is 0 Å². The van der Waals surface area contributed by atoms with E-state index in [9.17, 15) is 32.4 Å². The molecule has 0 aromatic heterocycles. The summed E-state index contributed by atoms with van der Waals surface area (Å²) in [6.45, 7) is 5.41. The van der Waals surface area contributed by atoms with Gasteiger partial charge in [0.05, 0.1) is 6.04 Å². The highest BCUT2D eigenvalue weighted by Crippen LogP contribution is 2.51. The molecule has 188 valence electrons. The molecule has 2 aliphatic heterocycles. The maximum atomic E-state index is 14.5. The van der Waals surface area contributed by atoms with Crippen molar-refractivity contribution in [1.29, 1.82) is 0 Å². The van der Waals surface area contributed by atoms with Gasteiger partial charge in [-0.05, 0) is 83.3 Å². The highest BCUT2D eigenvalue weighted by Gasteiger charge is 2.61. The fraction of sp³-hybridized carbons (Fsp3) is 0.667. The SMILES string of the molecule is CC(C)(C)[S+]([O-])N[C@H](Cc1cc(F)c(F)cc1F)[C@@H]1C[C@H]2CC[C@@H](C1)N2C(=O)C1(C(=O)O)CC1. The quantitative estimate of drug-likeness (QED) is 0.338. The minimum absolute atomic E-state index is 0.00373. The molecule has 1 saturated carbocycles. The third kappa shape index (κ3) is 4.68. The molecule has 0 spiro atoms. The van der Waals surface area contributed by atoms with E-state index in [4.69, 9.17) is 0 Å². The molecule has 2 saturated heterocycles. The number of nitrogens with one attached hydrogen (secondary N) is 1. The van der Waals surface area contributed by atoms with E-state index in [0.717, 1.165) is 18.9 Å². The first-order chi connectivity index (χ1) is 15.8. The van der Waals surface area contributed by atoms with Crippen LogP contribution in [0.15, 0.2) is 12.1 Å². The van der Waals surface area contributed by atoms with Crippen molar-refractivity contribution in [2.45, 2.75) is 88.6 Å². The molecule has 2 N–H and O–H groups in total. The Kier molecular flexibility index (Phi) is 6.72. The van der Waals surface area contributed by atoms with Gasteiger partial charge in [0.25, 0.3) is 0 Å². The lowest BCUT2D eigenvalue weighted by Crippen LogP contribution is -2.55. The van der Waals surface area contributed by atoms with Gasteiger partial charge in [-0.25, -0.2) is 13.2 Å². The van der Waals surface area contributed by atoms with Crippen molar-refractivity contribution >= 4 is 23.2 Å². The van der Waals surface area contributed by atoms with Crippen molar-refractivity contribution in [3.05, 3.63) is 35.1 Å². The maximum absolute atomic E-state index is 14.5. The minimum atomic E-state index is -1.49. The zero-order chi connectivity index (χ0) is 25.0. The smallest absolute Gasteiger partial charge is 0.319 e. The number of benzene rings is 1. The van der Waals surface area contributed by atoms with Crippen LogP contribution in [0.4, 0.5) is 13.2 Å². The predicted octanol–water partition coefficient (Wildman–Crippen LogP) is 3.70. The molecule has 6 nitrogen and oxygen atoms in total. The van der Waals surface area contributed by atoms with Crippen LogP contribution in [0.5, 0.6) is 0 Å². The minimum Gasteiger partial charge on any atom is -0.598 e. The standard InChI is InChI=1S/C24H31F3N2O4S/c1-23(2,3)34(33)28-20(11-13-10-18(26)19(27)12-17(13)25)14-8-15-4-5-16(9-14)29(15)21(30)24(6-7-24)22(31)32/h10,12,14-16,20,28H,4-9,11H2,1-3H3,(H,31,32)/t14-,15-,16+,20-,34?/m1/s1. The third-order valence-electron chi connectivity index (χ3n) is 7.49. The average molecular weight is 501 g/mol. The second-order valence-corrected chi connectivity index (χ2v) is 12.9. The van der Waals surface area contributed by atoms with Gasteiger partial charge in [0.2, 0.25) is 5.91 Å². The molecule has 2 bridgehead atoms. The lowest BCUT2D eigenvalue weighted by molar-refractivity contribution is -0.156. The number of piperidine rings is 1. The molecule has 3 aliphatic rings. The number of halogens is 3. The van der Waals surface area contributed by atoms with Gasteiger partial charge in [0.1, 0.15) is 16.0 Å². The Morgan fingerprint density at radius 3 is 2.21 bits per heavy atom. The van der Waals surface area contributed by atoms with Crippen molar-refractivity contribution in [1.82, 2.24) is 9.62 Å². The number of rotatable bonds is 7. The van der Waals surface area contributed by atoms with Crippen molar-refractivity contribution in [2.75, 3.05) is 0 Å². The number of hydrogen-bond donors (Lipinski definition) is 2. The van der Waals surface area contributed by atoms with Crippen LogP contribution in [-0.4, -0.2) is 49.3 Å². The predicted molar refractivity (Wildman–Crippen MR) is 121 cm³/mol. The Morgan fingerprint density at radius 2 is 1.71 bits per heavy atom. The number of amides is 1. The first-order valence-corrected chi connectivity index (χ1v) is 12.9. The number of carboxylic acids is 1. The van der Waals surface area contributed by atoms with E-state index in [0.29, 0.717) is 31.7 Å². The van der Waals surface area contributed by atoms with Gasteiger partial charge in [-0.1, -0.05) is 0 Å². The molecule has 1 unspecified atom stereocenters. The molecular formula is C24H31F3N2O4S. The van der Waals surface area contributed by atoms with Gasteiger partial charge in [0, 0.05) is 29.5 Å². The van der Waals surface area contributed by atoms with Gasteiger partial charge in [-0.3, -0.25) is 9.59 Å². The van der Waals surface area contributed by atoms with Crippen LogP contribution in [0.3, 0.4) is 0 Å². The van der Waals surface area contributed by atoms with E-state index in [2.05, 4.69) is 4.72 Å². The molecule has 1 amide bonds. The molecule has 1 aromatic rings. The van der Waals surface area contributed by atoms with E-state index in [1.165, 1.54) is 0 Å². The van der Waals surface area contributed by atoms with Gasteiger partial charge >= 0.3 is 5.97 Å². The molecule has 5 atom stereocenters. The van der Waals surface area contributed by atoms with E-state index < -0.39 is 51.0 Å². The molecule has 4 rings (SSSR count). The Bertz CT molecular complexity index is 968. The van der Waals surface area contributed by atoms with Gasteiger partial charge in [-0.15, -0.1) is 4.72 Å². The van der Waals surface area contributed by atoms with Crippen LogP contribution >= 0.6 is 0 Å². The number of hydrogen-bond acceptors (Lipinski definition) is 4. The normalized spacial score (nSPS) is 27.4. The van der Waals surface area contributed by atoms with Crippen molar-refractivity contribution in [3.63, 3.8) is 0 Å². The maximum Gasteiger partial charge on any atom is 0.319 e. The largest absolute Gasteiger partial charge is 0.598 e. The van der Waals surface area contributed by atoms with Crippen LogP contribution in [0.25, 0.3) is 0 Å². The highest BCUT2D eigenvalue weighted by atomic mass is 32.2. The van der Waals surface area contributed by atoms with E-state index in [1.807, 2.05) is 0 Å². The van der Waals surface area contributed by atoms with E-state index >= 15 is 0 Å². The van der Waals surface area contributed by atoms with Crippen LogP contribution in [0, 0.1) is 28.8 Å². The summed E-state index contributed by atoms with van der Waals surface area (Å²) < 4.78 is 57.2.